The van der Waals surface area contributed by atoms with E-state index < -0.39 is 40.3 Å². The molecule has 4 aliphatic rings. The zero-order valence-corrected chi connectivity index (χ0v) is 20.7. The third-order valence-corrected chi connectivity index (χ3v) is 8.94. The van der Waals surface area contributed by atoms with Crippen molar-refractivity contribution in [1.82, 2.24) is 0 Å². The van der Waals surface area contributed by atoms with Crippen LogP contribution in [-0.4, -0.2) is 56.8 Å². The Morgan fingerprint density at radius 1 is 1.21 bits per heavy atom. The van der Waals surface area contributed by atoms with E-state index in [1.165, 1.54) is 6.92 Å². The van der Waals surface area contributed by atoms with E-state index in [-0.39, 0.29) is 42.5 Å². The van der Waals surface area contributed by atoms with Crippen molar-refractivity contribution in [1.29, 1.82) is 0 Å². The third-order valence-electron chi connectivity index (χ3n) is 8.94. The van der Waals surface area contributed by atoms with Crippen LogP contribution >= 0.6 is 0 Å². The van der Waals surface area contributed by atoms with Gasteiger partial charge in [0.05, 0.1) is 18.1 Å². The van der Waals surface area contributed by atoms with E-state index in [0.717, 1.165) is 0 Å². The van der Waals surface area contributed by atoms with E-state index in [1.807, 2.05) is 13.0 Å². The van der Waals surface area contributed by atoms with Crippen LogP contribution in [0.3, 0.4) is 0 Å². The smallest absolute Gasteiger partial charge is 0.308 e. The van der Waals surface area contributed by atoms with Crippen LogP contribution in [0.1, 0.15) is 61.3 Å². The van der Waals surface area contributed by atoms with Gasteiger partial charge < -0.3 is 24.8 Å². The Hall–Kier alpha value is -1.54. The molecule has 0 aromatic carbocycles. The standard InChI is InChI=1S/C26H38O7/c1-13(2)22(29)33-25-10-15(4)26(31)18(20(25)23(25,6)7)9-17(12-32-16(5)27)11-24(30)19(26)8-14(3)21(24)28/h8-9,13,15-16,18-20,27,30-31H,10-12H2,1-7H3/t15-,16?,18+,19-,20-,24-,25+,26-/m1/s1. The number of aliphatic hydroxyl groups excluding tert-OH is 1. The molecule has 33 heavy (non-hydrogen) atoms. The highest BCUT2D eigenvalue weighted by molar-refractivity contribution is 6.04. The fourth-order valence-corrected chi connectivity index (χ4v) is 7.11. The molecule has 2 saturated carbocycles. The summed E-state index contributed by atoms with van der Waals surface area (Å²) in [5.74, 6) is -2.68. The van der Waals surface area contributed by atoms with Gasteiger partial charge in [0.25, 0.3) is 0 Å². The van der Waals surface area contributed by atoms with Crippen LogP contribution in [0.15, 0.2) is 23.3 Å². The average Bonchev–Trinajstić information content (AvgIpc) is 3.11. The summed E-state index contributed by atoms with van der Waals surface area (Å²) >= 11 is 0. The van der Waals surface area contributed by atoms with Gasteiger partial charge in [0.15, 0.2) is 12.1 Å². The lowest BCUT2D eigenvalue weighted by molar-refractivity contribution is -0.188. The van der Waals surface area contributed by atoms with Crippen molar-refractivity contribution in [3.8, 4) is 0 Å². The molecule has 7 heteroatoms. The lowest BCUT2D eigenvalue weighted by Gasteiger charge is -2.50. The van der Waals surface area contributed by atoms with Gasteiger partial charge in [0, 0.05) is 29.6 Å². The van der Waals surface area contributed by atoms with Gasteiger partial charge in [-0.3, -0.25) is 9.59 Å². The van der Waals surface area contributed by atoms with Crippen molar-refractivity contribution in [3.63, 3.8) is 0 Å². The van der Waals surface area contributed by atoms with Crippen molar-refractivity contribution < 1.29 is 34.4 Å². The Morgan fingerprint density at radius 3 is 2.42 bits per heavy atom. The number of ether oxygens (including phenoxy) is 2. The summed E-state index contributed by atoms with van der Waals surface area (Å²) < 4.78 is 11.6. The van der Waals surface area contributed by atoms with E-state index in [9.17, 15) is 24.9 Å². The fraction of sp³-hybridized carbons (Fsp3) is 0.769. The topological polar surface area (TPSA) is 113 Å². The van der Waals surface area contributed by atoms with Crippen LogP contribution in [0.25, 0.3) is 0 Å². The average molecular weight is 463 g/mol. The molecule has 0 heterocycles. The first-order valence-corrected chi connectivity index (χ1v) is 12.0. The lowest BCUT2D eigenvalue weighted by Crippen LogP contribution is -2.61. The van der Waals surface area contributed by atoms with Gasteiger partial charge in [-0.05, 0) is 37.3 Å². The predicted octanol–water partition coefficient (Wildman–Crippen LogP) is 2.53. The summed E-state index contributed by atoms with van der Waals surface area (Å²) in [6.07, 6.45) is 3.11. The minimum atomic E-state index is -1.77. The van der Waals surface area contributed by atoms with Crippen LogP contribution in [0.5, 0.6) is 0 Å². The van der Waals surface area contributed by atoms with Crippen molar-refractivity contribution in [2.75, 3.05) is 6.61 Å². The van der Waals surface area contributed by atoms with Gasteiger partial charge in [-0.15, -0.1) is 0 Å². The Labute approximate surface area is 195 Å². The summed E-state index contributed by atoms with van der Waals surface area (Å²) in [6.45, 7) is 12.9. The van der Waals surface area contributed by atoms with E-state index in [4.69, 9.17) is 9.47 Å². The maximum absolute atomic E-state index is 13.1. The molecule has 0 bridgehead atoms. The van der Waals surface area contributed by atoms with E-state index >= 15 is 0 Å². The quantitative estimate of drug-likeness (QED) is 0.327. The highest BCUT2D eigenvalue weighted by Gasteiger charge is 2.83. The molecule has 0 aliphatic heterocycles. The number of hydrogen-bond donors (Lipinski definition) is 3. The molecular weight excluding hydrogens is 424 g/mol. The van der Waals surface area contributed by atoms with Gasteiger partial charge >= 0.3 is 5.97 Å². The third kappa shape index (κ3) is 3.23. The van der Waals surface area contributed by atoms with Crippen LogP contribution in [0.2, 0.25) is 0 Å². The van der Waals surface area contributed by atoms with Crippen molar-refractivity contribution >= 4 is 11.8 Å². The maximum atomic E-state index is 13.1. The normalized spacial score (nSPS) is 44.2. The molecule has 1 unspecified atom stereocenters. The highest BCUT2D eigenvalue weighted by Crippen LogP contribution is 2.76. The summed E-state index contributed by atoms with van der Waals surface area (Å²) in [5, 5.41) is 33.7. The van der Waals surface area contributed by atoms with Crippen molar-refractivity contribution in [3.05, 3.63) is 23.3 Å². The lowest BCUT2D eigenvalue weighted by atomic mass is 9.60. The second kappa shape index (κ2) is 7.48. The SMILES string of the molecule is CC1=C[C@H]2[C@@]3(O)[C@H](C)C[C@]4(OC(=O)C(C)C)[C@H]([C@@H]3C=C(COC(C)O)C[C@]2(O)C1=O)C4(C)C. The Morgan fingerprint density at radius 2 is 1.85 bits per heavy atom. The van der Waals surface area contributed by atoms with E-state index in [0.29, 0.717) is 17.6 Å². The predicted molar refractivity (Wildman–Crippen MR) is 121 cm³/mol. The summed E-state index contributed by atoms with van der Waals surface area (Å²) in [7, 11) is 0. The number of fused-ring (bicyclic) bond motifs is 5. The van der Waals surface area contributed by atoms with Crippen LogP contribution in [0, 0.1) is 35.0 Å². The number of ketones is 1. The monoisotopic (exact) mass is 462 g/mol. The molecule has 4 rings (SSSR count). The Bertz CT molecular complexity index is 931. The Kier molecular flexibility index (Phi) is 5.57. The summed E-state index contributed by atoms with van der Waals surface area (Å²) in [4.78, 5) is 25.8. The highest BCUT2D eigenvalue weighted by atomic mass is 16.6. The van der Waals surface area contributed by atoms with Crippen LogP contribution < -0.4 is 0 Å². The van der Waals surface area contributed by atoms with Gasteiger partial charge in [-0.1, -0.05) is 46.8 Å². The number of aliphatic hydroxyl groups is 3. The molecule has 184 valence electrons. The second-order valence-electron chi connectivity index (χ2n) is 11.7. The van der Waals surface area contributed by atoms with Crippen LogP contribution in [-0.2, 0) is 19.1 Å². The summed E-state index contributed by atoms with van der Waals surface area (Å²) in [6, 6.07) is 0. The molecule has 0 aromatic heterocycles. The molecule has 0 aromatic rings. The number of rotatable bonds is 5. The summed E-state index contributed by atoms with van der Waals surface area (Å²) in [5.41, 5.74) is -3.19. The molecule has 0 amide bonds. The molecule has 2 fully saturated rings. The van der Waals surface area contributed by atoms with Gasteiger partial charge in [-0.2, -0.15) is 0 Å². The van der Waals surface area contributed by atoms with Crippen molar-refractivity contribution in [2.45, 2.75) is 84.4 Å². The number of carbonyl (C=O) groups excluding carboxylic acids is 2. The van der Waals surface area contributed by atoms with Crippen LogP contribution in [0.4, 0.5) is 0 Å². The van der Waals surface area contributed by atoms with Gasteiger partial charge in [-0.25, -0.2) is 0 Å². The molecule has 0 spiro atoms. The first-order valence-electron chi connectivity index (χ1n) is 12.0. The first-order chi connectivity index (χ1) is 15.1. The molecule has 0 saturated heterocycles. The number of Topliss-reactive ketones (excluding diaryl/α,β-unsaturated/α-hetero) is 1. The molecule has 3 N–H and O–H groups in total. The van der Waals surface area contributed by atoms with Gasteiger partial charge in [0.2, 0.25) is 0 Å². The van der Waals surface area contributed by atoms with Crippen molar-refractivity contribution in [2.24, 2.45) is 35.0 Å². The van der Waals surface area contributed by atoms with E-state index in [1.54, 1.807) is 26.8 Å². The number of carbonyl (C=O) groups is 2. The molecule has 8 atom stereocenters. The zero-order chi connectivity index (χ0) is 24.7. The minimum Gasteiger partial charge on any atom is -0.458 e. The fourth-order valence-electron chi connectivity index (χ4n) is 7.11. The molecular formula is C26H38O7. The Balaban J connectivity index is 1.84. The maximum Gasteiger partial charge on any atom is 0.308 e. The van der Waals surface area contributed by atoms with Gasteiger partial charge in [0.1, 0.15) is 11.2 Å². The first kappa shape index (κ1) is 24.6. The number of hydrogen-bond acceptors (Lipinski definition) is 7. The minimum absolute atomic E-state index is 0.0223. The molecule has 0 radical (unpaired) electrons. The second-order valence-corrected chi connectivity index (χ2v) is 11.7. The molecule has 4 aliphatic carbocycles. The zero-order valence-electron chi connectivity index (χ0n) is 20.7. The van der Waals surface area contributed by atoms with E-state index in [2.05, 4.69) is 13.8 Å². The molecule has 7 nitrogen and oxygen atoms in total. The largest absolute Gasteiger partial charge is 0.458 e. The number of esters is 1.